The number of hydrogen-bond donors (Lipinski definition) is 6. The molecule has 21 nitrogen and oxygen atoms in total. The summed E-state index contributed by atoms with van der Waals surface area (Å²) in [6.07, 6.45) is 0.949. The lowest BCUT2D eigenvalue weighted by Gasteiger charge is -2.13. The number of phenolic OH excluding ortho intramolecular Hbond substituents is 1. The number of hydrazone groups is 1. The van der Waals surface area contributed by atoms with Gasteiger partial charge in [0.2, 0.25) is 5.78 Å². The number of allylic oxidation sites excluding steroid dienone is 2. The third-order valence-electron chi connectivity index (χ3n) is 7.78. The van der Waals surface area contributed by atoms with E-state index in [-0.39, 0.29) is 38.6 Å². The number of azo groups is 2. The Bertz CT molecular complexity index is 3030. The van der Waals surface area contributed by atoms with Gasteiger partial charge in [-0.15, -0.1) is 20.5 Å². The summed E-state index contributed by atoms with van der Waals surface area (Å²) in [6, 6.07) is 15.8. The first-order valence-electron chi connectivity index (χ1n) is 15.1. The van der Waals surface area contributed by atoms with Gasteiger partial charge in [0.05, 0.1) is 37.2 Å². The van der Waals surface area contributed by atoms with Gasteiger partial charge < -0.3 is 10.2 Å². The van der Waals surface area contributed by atoms with Crippen molar-refractivity contribution in [2.24, 2.45) is 25.6 Å². The molecule has 1 aliphatic carbocycles. The quantitative estimate of drug-likeness (QED) is 0.0313. The van der Waals surface area contributed by atoms with Crippen molar-refractivity contribution in [3.8, 4) is 5.75 Å². The largest absolute Gasteiger partial charge is 0.507 e. The van der Waals surface area contributed by atoms with E-state index in [9.17, 15) is 64.0 Å². The third kappa shape index (κ3) is 7.99. The normalized spacial score (nSPS) is 15.0. The number of hydrogen-bond acceptors (Lipinski definition) is 17. The van der Waals surface area contributed by atoms with Gasteiger partial charge in [-0.05, 0) is 47.9 Å². The van der Waals surface area contributed by atoms with Crippen molar-refractivity contribution in [1.29, 1.82) is 0 Å². The predicted octanol–water partition coefficient (Wildman–Crippen LogP) is 5.92. The van der Waals surface area contributed by atoms with Crippen LogP contribution < -0.4 is 5.43 Å². The number of carbonyl (C=O) groups is 1. The summed E-state index contributed by atoms with van der Waals surface area (Å²) in [6.45, 7) is 0. The van der Waals surface area contributed by atoms with Crippen LogP contribution in [0.2, 0.25) is 0 Å². The molecule has 286 valence electrons. The van der Waals surface area contributed by atoms with E-state index in [2.05, 4.69) is 31.0 Å². The number of fused-ring (bicyclic) bond motifs is 2. The number of benzene rings is 5. The molecule has 0 aliphatic heterocycles. The molecular formula is C32H21N7O14S3. The average molecular weight is 824 g/mol. The Hall–Kier alpha value is -6.83. The fraction of sp³-hybridized carbons (Fsp3) is 0. The molecule has 56 heavy (non-hydrogen) atoms. The molecule has 6 N–H and O–H groups in total. The Morgan fingerprint density at radius 2 is 1.29 bits per heavy atom. The number of nitrogens with one attached hydrogen (secondary N) is 1. The van der Waals surface area contributed by atoms with Crippen molar-refractivity contribution < 1.29 is 58.8 Å². The second kappa shape index (κ2) is 14.4. The highest BCUT2D eigenvalue weighted by molar-refractivity contribution is 7.86. The van der Waals surface area contributed by atoms with E-state index < -0.39 is 90.0 Å². The molecule has 0 saturated heterocycles. The first-order chi connectivity index (χ1) is 26.2. The topological polar surface area (TPSA) is 338 Å². The number of anilines is 1. The Morgan fingerprint density at radius 3 is 1.89 bits per heavy atom. The Morgan fingerprint density at radius 1 is 0.679 bits per heavy atom. The van der Waals surface area contributed by atoms with Gasteiger partial charge in [-0.1, -0.05) is 24.3 Å². The third-order valence-corrected chi connectivity index (χ3v) is 10.4. The van der Waals surface area contributed by atoms with Crippen LogP contribution >= 0.6 is 0 Å². The minimum absolute atomic E-state index is 0.0255. The number of phenols is 1. The van der Waals surface area contributed by atoms with Crippen LogP contribution in [0.15, 0.2) is 148 Å². The Balaban J connectivity index is 1.50. The first kappa shape index (κ1) is 38.9. The molecule has 6 rings (SSSR count). The summed E-state index contributed by atoms with van der Waals surface area (Å²) in [7, 11) is -14.6. The number of rotatable bonds is 10. The van der Waals surface area contributed by atoms with E-state index in [1.54, 1.807) is 6.07 Å². The number of nitro groups is 1. The number of nitrogens with zero attached hydrogens (tertiary/aromatic N) is 6. The number of aliphatic hydroxyl groups is 1. The number of carbonyl (C=O) groups excluding carboxylic acids is 1. The Kier molecular flexibility index (Phi) is 10.0. The lowest BCUT2D eigenvalue weighted by Crippen LogP contribution is -2.21. The van der Waals surface area contributed by atoms with Crippen molar-refractivity contribution in [3.63, 3.8) is 0 Å². The number of non-ortho nitro benzene ring substituents is 1. The zero-order valence-corrected chi connectivity index (χ0v) is 29.9. The van der Waals surface area contributed by atoms with E-state index in [1.165, 1.54) is 36.4 Å². The molecule has 24 heteroatoms. The van der Waals surface area contributed by atoms with Gasteiger partial charge >= 0.3 is 0 Å². The van der Waals surface area contributed by atoms with Crippen LogP contribution in [0, 0.1) is 10.1 Å². The van der Waals surface area contributed by atoms with E-state index in [4.69, 9.17) is 0 Å². The second-order valence-electron chi connectivity index (χ2n) is 11.4. The van der Waals surface area contributed by atoms with E-state index >= 15 is 0 Å². The lowest BCUT2D eigenvalue weighted by molar-refractivity contribution is -0.384. The van der Waals surface area contributed by atoms with E-state index in [0.717, 1.165) is 36.4 Å². The maximum Gasteiger partial charge on any atom is 0.295 e. The van der Waals surface area contributed by atoms with Gasteiger partial charge in [0.15, 0.2) is 11.5 Å². The molecule has 0 amide bonds. The smallest absolute Gasteiger partial charge is 0.295 e. The van der Waals surface area contributed by atoms with Crippen LogP contribution in [-0.4, -0.2) is 65.5 Å². The molecule has 0 heterocycles. The number of Topliss-reactive ketones (excluding diaryl/α,β-unsaturated/α-hetero) is 1. The fourth-order valence-corrected chi connectivity index (χ4v) is 6.99. The van der Waals surface area contributed by atoms with Crippen LogP contribution in [0.5, 0.6) is 5.75 Å². The number of aliphatic hydroxyl groups excluding tert-OH is 1. The van der Waals surface area contributed by atoms with Gasteiger partial charge in [0.1, 0.15) is 22.1 Å². The molecule has 0 radical (unpaired) electrons. The van der Waals surface area contributed by atoms with Crippen LogP contribution in [-0.2, 0) is 35.1 Å². The van der Waals surface area contributed by atoms with Crippen LogP contribution in [0.3, 0.4) is 0 Å². The summed E-state index contributed by atoms with van der Waals surface area (Å²) < 4.78 is 101. The van der Waals surface area contributed by atoms with Gasteiger partial charge in [0, 0.05) is 35.0 Å². The summed E-state index contributed by atoms with van der Waals surface area (Å²) in [5.74, 6) is -2.99. The first-order valence-corrected chi connectivity index (χ1v) is 19.4. The van der Waals surface area contributed by atoms with Crippen molar-refractivity contribution in [2.45, 2.75) is 14.7 Å². The molecule has 0 unspecified atom stereocenters. The van der Waals surface area contributed by atoms with E-state index in [0.29, 0.717) is 12.1 Å². The minimum Gasteiger partial charge on any atom is -0.507 e. The fourth-order valence-electron chi connectivity index (χ4n) is 5.22. The molecule has 0 aromatic heterocycles. The monoisotopic (exact) mass is 823 g/mol. The van der Waals surface area contributed by atoms with Crippen LogP contribution in [0.25, 0.3) is 21.5 Å². The number of nitro benzene ring substituents is 1. The molecule has 0 saturated carbocycles. The van der Waals surface area contributed by atoms with Gasteiger partial charge in [-0.2, -0.15) is 30.4 Å². The van der Waals surface area contributed by atoms with Crippen LogP contribution in [0.1, 0.15) is 0 Å². The summed E-state index contributed by atoms with van der Waals surface area (Å²) in [4.78, 5) is 21.9. The molecule has 5 aromatic carbocycles. The maximum atomic E-state index is 13.7. The predicted molar refractivity (Wildman–Crippen MR) is 195 cm³/mol. The zero-order chi connectivity index (χ0) is 40.7. The van der Waals surface area contributed by atoms with Crippen molar-refractivity contribution in [3.05, 3.63) is 118 Å². The summed E-state index contributed by atoms with van der Waals surface area (Å²) in [5, 5.41) is 52.1. The lowest BCUT2D eigenvalue weighted by atomic mass is 10.0. The maximum absolute atomic E-state index is 13.7. The molecular weight excluding hydrogens is 803 g/mol. The molecule has 0 atom stereocenters. The highest BCUT2D eigenvalue weighted by Crippen LogP contribution is 2.39. The van der Waals surface area contributed by atoms with Crippen molar-refractivity contribution in [2.75, 3.05) is 5.43 Å². The summed E-state index contributed by atoms with van der Waals surface area (Å²) in [5.41, 5.74) is -0.0736. The minimum atomic E-state index is -5.03. The summed E-state index contributed by atoms with van der Waals surface area (Å²) >= 11 is 0. The number of ketones is 1. The molecule has 0 spiro atoms. The second-order valence-corrected chi connectivity index (χ2v) is 15.6. The standard InChI is InChI=1S/C32H21N7O14S3/c40-27-14-20(55(48,49)50)12-16-11-19(54(45,46)47)13-24(29(16)27)35-38-30-31(41)25(36-33-17-5-7-18(8-6-17)39(43)44)15-26(32(30)42)37-34-23-9-10-28(56(51,52)53)22-4-2-1-3-21(22)23/h1-15,33,40,42H,(H,45,46,47)(H,48,49,50)(H,51,52,53). The molecule has 1 aliphatic rings. The SMILES string of the molecule is O=C1C(=NNc2ccc([N+](=O)[O-])cc2)C=C(N=Nc2ccc(S(=O)(=O)O)c3ccccc23)C(O)=C1N=Nc1cc(S(=O)(=O)O)cc2cc(S(=O)(=O)O)cc(O)c12. The average Bonchev–Trinajstić information content (AvgIpc) is 3.12. The Labute approximate surface area is 313 Å². The zero-order valence-electron chi connectivity index (χ0n) is 27.5. The van der Waals surface area contributed by atoms with E-state index in [1.807, 2.05) is 0 Å². The molecule has 0 fully saturated rings. The highest BCUT2D eigenvalue weighted by Gasteiger charge is 2.29. The number of aromatic hydroxyl groups is 1. The van der Waals surface area contributed by atoms with Crippen molar-refractivity contribution in [1.82, 2.24) is 0 Å². The highest BCUT2D eigenvalue weighted by atomic mass is 32.2. The van der Waals surface area contributed by atoms with Gasteiger partial charge in [0.25, 0.3) is 36.0 Å². The van der Waals surface area contributed by atoms with Crippen LogP contribution in [0.4, 0.5) is 22.7 Å². The molecule has 0 bridgehead atoms. The van der Waals surface area contributed by atoms with Crippen molar-refractivity contribution >= 4 is 86.1 Å². The van der Waals surface area contributed by atoms with Gasteiger partial charge in [-0.25, -0.2) is 0 Å². The molecule has 5 aromatic rings. The van der Waals surface area contributed by atoms with Gasteiger partial charge in [-0.3, -0.25) is 34.0 Å².